The highest BCUT2D eigenvalue weighted by Gasteiger charge is 2.26. The quantitative estimate of drug-likeness (QED) is 0.650. The molecule has 0 bridgehead atoms. The molecule has 9 heteroatoms. The minimum atomic E-state index is -3.63. The number of pyridine rings is 1. The molecule has 1 aliphatic rings. The van der Waals surface area contributed by atoms with Crippen LogP contribution in [0.3, 0.4) is 0 Å². The van der Waals surface area contributed by atoms with Crippen molar-refractivity contribution in [3.05, 3.63) is 63.7 Å². The number of halogens is 1. The lowest BCUT2D eigenvalue weighted by molar-refractivity contribution is 0.423. The molecule has 0 atom stereocenters. The van der Waals surface area contributed by atoms with Crippen molar-refractivity contribution in [3.63, 3.8) is 0 Å². The second-order valence-electron chi connectivity index (χ2n) is 6.94. The Morgan fingerprint density at radius 3 is 2.43 bits per heavy atom. The Labute approximate surface area is 168 Å². The molecule has 2 aromatic heterocycles. The molecule has 1 aliphatic heterocycles. The van der Waals surface area contributed by atoms with Gasteiger partial charge in [0.2, 0.25) is 10.0 Å². The molecule has 4 rings (SSSR count). The zero-order valence-corrected chi connectivity index (χ0v) is 16.9. The summed E-state index contributed by atoms with van der Waals surface area (Å²) in [6, 6.07) is 10.3. The molecule has 0 amide bonds. The topological polar surface area (TPSA) is 76.7 Å². The van der Waals surface area contributed by atoms with Gasteiger partial charge in [-0.15, -0.1) is 5.10 Å². The number of benzene rings is 1. The highest BCUT2D eigenvalue weighted by atomic mass is 35.5. The minimum absolute atomic E-state index is 0.112. The van der Waals surface area contributed by atoms with Gasteiger partial charge in [0.25, 0.3) is 0 Å². The normalized spacial score (nSPS) is 16.3. The fraction of sp³-hybridized carbons (Fsp3) is 0.368. The molecule has 0 aliphatic carbocycles. The Bertz CT molecular complexity index is 1160. The first kappa shape index (κ1) is 19.2. The van der Waals surface area contributed by atoms with Gasteiger partial charge in [-0.05, 0) is 36.6 Å². The van der Waals surface area contributed by atoms with Crippen molar-refractivity contribution in [2.45, 2.75) is 37.1 Å². The van der Waals surface area contributed by atoms with Crippen LogP contribution >= 0.6 is 11.6 Å². The van der Waals surface area contributed by atoms with Crippen LogP contribution in [-0.2, 0) is 16.6 Å². The van der Waals surface area contributed by atoms with E-state index in [0.717, 1.165) is 31.2 Å². The Kier molecular flexibility index (Phi) is 5.27. The summed E-state index contributed by atoms with van der Waals surface area (Å²) in [7, 11) is -3.63. The Morgan fingerprint density at radius 2 is 1.71 bits per heavy atom. The van der Waals surface area contributed by atoms with Crippen LogP contribution in [0.25, 0.3) is 5.65 Å². The second-order valence-corrected chi connectivity index (χ2v) is 9.29. The van der Waals surface area contributed by atoms with Gasteiger partial charge in [-0.3, -0.25) is 0 Å². The summed E-state index contributed by atoms with van der Waals surface area (Å²) in [5.74, 6) is 0. The Balaban J connectivity index is 1.70. The summed E-state index contributed by atoms with van der Waals surface area (Å²) in [5, 5.41) is 4.85. The molecule has 1 fully saturated rings. The van der Waals surface area contributed by atoms with Gasteiger partial charge in [0, 0.05) is 24.3 Å². The van der Waals surface area contributed by atoms with Gasteiger partial charge >= 0.3 is 5.69 Å². The van der Waals surface area contributed by atoms with Crippen LogP contribution in [0, 0.1) is 0 Å². The molecule has 3 aromatic rings. The predicted octanol–water partition coefficient (Wildman–Crippen LogP) is 2.76. The molecule has 28 heavy (non-hydrogen) atoms. The van der Waals surface area contributed by atoms with Crippen LogP contribution in [-0.4, -0.2) is 40.0 Å². The molecular formula is C19H21ClN4O3S. The monoisotopic (exact) mass is 420 g/mol. The standard InChI is InChI=1S/C19H21ClN4O3S/c20-17-8-4-3-7-15(17)13-24-19(25)23-14-16(9-10-18(23)21-24)28(26,27)22-11-5-1-2-6-12-22/h3-4,7-10,14H,1-2,5-6,11-13H2. The SMILES string of the molecule is O=c1n(Cc2ccccc2Cl)nc2ccc(S(=O)(=O)N3CCCCCC3)cn12. The van der Waals surface area contributed by atoms with E-state index in [2.05, 4.69) is 5.10 Å². The number of aromatic nitrogens is 3. The molecule has 1 aromatic carbocycles. The minimum Gasteiger partial charge on any atom is -0.249 e. The highest BCUT2D eigenvalue weighted by Crippen LogP contribution is 2.20. The van der Waals surface area contributed by atoms with E-state index in [-0.39, 0.29) is 11.4 Å². The van der Waals surface area contributed by atoms with Crippen molar-refractivity contribution in [2.75, 3.05) is 13.1 Å². The molecular weight excluding hydrogens is 400 g/mol. The van der Waals surface area contributed by atoms with E-state index in [1.54, 1.807) is 12.1 Å². The van der Waals surface area contributed by atoms with E-state index in [1.807, 2.05) is 18.2 Å². The third-order valence-corrected chi connectivity index (χ3v) is 7.28. The summed E-state index contributed by atoms with van der Waals surface area (Å²) in [5.41, 5.74) is 0.766. The van der Waals surface area contributed by atoms with Gasteiger partial charge < -0.3 is 0 Å². The average Bonchev–Trinajstić information content (AvgIpc) is 2.87. The summed E-state index contributed by atoms with van der Waals surface area (Å²) in [6.07, 6.45) is 5.17. The fourth-order valence-corrected chi connectivity index (χ4v) is 5.18. The van der Waals surface area contributed by atoms with Crippen molar-refractivity contribution in [2.24, 2.45) is 0 Å². The highest BCUT2D eigenvalue weighted by molar-refractivity contribution is 7.89. The summed E-state index contributed by atoms with van der Waals surface area (Å²) in [6.45, 7) is 1.25. The second kappa shape index (κ2) is 7.69. The van der Waals surface area contributed by atoms with Crippen molar-refractivity contribution in [1.29, 1.82) is 0 Å². The molecule has 1 saturated heterocycles. The van der Waals surface area contributed by atoms with Gasteiger partial charge in [0.1, 0.15) is 0 Å². The van der Waals surface area contributed by atoms with Gasteiger partial charge in [-0.1, -0.05) is 42.6 Å². The molecule has 148 valence electrons. The summed E-state index contributed by atoms with van der Waals surface area (Å²) >= 11 is 6.17. The molecule has 0 N–H and O–H groups in total. The van der Waals surface area contributed by atoms with Crippen LogP contribution in [0.4, 0.5) is 0 Å². The maximum Gasteiger partial charge on any atom is 0.350 e. The van der Waals surface area contributed by atoms with E-state index < -0.39 is 15.7 Å². The van der Waals surface area contributed by atoms with Gasteiger partial charge in [-0.25, -0.2) is 22.3 Å². The first-order chi connectivity index (χ1) is 13.5. The number of nitrogens with zero attached hydrogens (tertiary/aromatic N) is 4. The largest absolute Gasteiger partial charge is 0.350 e. The zero-order valence-electron chi connectivity index (χ0n) is 15.3. The van der Waals surface area contributed by atoms with E-state index in [9.17, 15) is 13.2 Å². The Morgan fingerprint density at radius 1 is 1.00 bits per heavy atom. The van der Waals surface area contributed by atoms with Crippen molar-refractivity contribution in [3.8, 4) is 0 Å². The van der Waals surface area contributed by atoms with Crippen LogP contribution in [0.1, 0.15) is 31.2 Å². The van der Waals surface area contributed by atoms with Crippen LogP contribution in [0.2, 0.25) is 5.02 Å². The summed E-state index contributed by atoms with van der Waals surface area (Å²) < 4.78 is 30.1. The smallest absolute Gasteiger partial charge is 0.249 e. The van der Waals surface area contributed by atoms with Gasteiger partial charge in [0.15, 0.2) is 5.65 Å². The van der Waals surface area contributed by atoms with Crippen molar-refractivity contribution >= 4 is 27.3 Å². The molecule has 0 saturated carbocycles. The lowest BCUT2D eigenvalue weighted by Crippen LogP contribution is -2.32. The number of fused-ring (bicyclic) bond motifs is 1. The maximum atomic E-state index is 13.0. The predicted molar refractivity (Wildman–Crippen MR) is 107 cm³/mol. The summed E-state index contributed by atoms with van der Waals surface area (Å²) in [4.78, 5) is 12.9. The van der Waals surface area contributed by atoms with E-state index >= 15 is 0 Å². The zero-order chi connectivity index (χ0) is 19.7. The first-order valence-electron chi connectivity index (χ1n) is 9.29. The third-order valence-electron chi connectivity index (χ3n) is 5.03. The molecule has 0 unspecified atom stereocenters. The van der Waals surface area contributed by atoms with Crippen LogP contribution < -0.4 is 5.69 Å². The molecule has 0 radical (unpaired) electrons. The number of hydrogen-bond donors (Lipinski definition) is 0. The third kappa shape index (κ3) is 3.59. The van der Waals surface area contributed by atoms with Gasteiger partial charge in [-0.2, -0.15) is 4.31 Å². The van der Waals surface area contributed by atoms with Gasteiger partial charge in [0.05, 0.1) is 11.4 Å². The molecule has 3 heterocycles. The number of hydrogen-bond acceptors (Lipinski definition) is 4. The number of sulfonamides is 1. The van der Waals surface area contributed by atoms with Crippen LogP contribution in [0.5, 0.6) is 0 Å². The van der Waals surface area contributed by atoms with E-state index in [1.165, 1.54) is 25.7 Å². The molecule has 7 nitrogen and oxygen atoms in total. The van der Waals surface area contributed by atoms with E-state index in [4.69, 9.17) is 11.6 Å². The Hall–Kier alpha value is -2.16. The lowest BCUT2D eigenvalue weighted by atomic mass is 10.2. The average molecular weight is 421 g/mol. The molecule has 0 spiro atoms. The fourth-order valence-electron chi connectivity index (χ4n) is 3.47. The number of rotatable bonds is 4. The van der Waals surface area contributed by atoms with Crippen molar-refractivity contribution < 1.29 is 8.42 Å². The maximum absolute atomic E-state index is 13.0. The first-order valence-corrected chi connectivity index (χ1v) is 11.1. The van der Waals surface area contributed by atoms with Crippen LogP contribution in [0.15, 0.2) is 52.3 Å². The lowest BCUT2D eigenvalue weighted by Gasteiger charge is -2.19. The van der Waals surface area contributed by atoms with E-state index in [0.29, 0.717) is 23.8 Å². The van der Waals surface area contributed by atoms with Crippen molar-refractivity contribution in [1.82, 2.24) is 18.5 Å².